The summed E-state index contributed by atoms with van der Waals surface area (Å²) in [5, 5.41) is 2.09. The number of hydrogen-bond acceptors (Lipinski definition) is 1. The minimum atomic E-state index is 1.31. The third-order valence-electron chi connectivity index (χ3n) is 2.13. The van der Waals surface area contributed by atoms with Crippen molar-refractivity contribution in [1.29, 1.82) is 0 Å². The Bertz CT molecular complexity index is 348. The van der Waals surface area contributed by atoms with Crippen LogP contribution in [0.15, 0.2) is 41.8 Å². The molecule has 0 spiro atoms. The Labute approximate surface area is 90.7 Å². The van der Waals surface area contributed by atoms with Gasteiger partial charge in [-0.25, -0.2) is 0 Å². The molecule has 1 aromatic carbocycles. The van der Waals surface area contributed by atoms with Crippen LogP contribution in [0.1, 0.15) is 18.1 Å². The minimum absolute atomic E-state index is 1.31. The summed E-state index contributed by atoms with van der Waals surface area (Å²) in [6.45, 7) is 4.29. The van der Waals surface area contributed by atoms with E-state index in [1.54, 1.807) is 11.8 Å². The van der Waals surface area contributed by atoms with E-state index < -0.39 is 0 Å². The molecule has 1 aromatic rings. The van der Waals surface area contributed by atoms with Gasteiger partial charge in [-0.1, -0.05) is 36.4 Å². The molecule has 0 unspecified atom stereocenters. The summed E-state index contributed by atoms with van der Waals surface area (Å²) in [5.41, 5.74) is 3.98. The van der Waals surface area contributed by atoms with Gasteiger partial charge in [0.1, 0.15) is 0 Å². The van der Waals surface area contributed by atoms with Crippen LogP contribution in [-0.2, 0) is 0 Å². The molecule has 0 atom stereocenters. The molecule has 0 radical (unpaired) electrons. The third-order valence-corrected chi connectivity index (χ3v) is 2.56. The van der Waals surface area contributed by atoms with Crippen molar-refractivity contribution in [3.8, 4) is 0 Å². The Morgan fingerprint density at radius 1 is 1.29 bits per heavy atom. The standard InChI is InChI=1S/C13H16S/c1-11-7-4-5-9-13(11)12(2)8-6-10-14-3/h4-10H,1-3H3/b10-6-,12-8+. The molecule has 74 valence electrons. The first-order chi connectivity index (χ1) is 6.75. The molecule has 0 aromatic heterocycles. The van der Waals surface area contributed by atoms with Crippen LogP contribution in [-0.4, -0.2) is 6.26 Å². The van der Waals surface area contributed by atoms with Gasteiger partial charge in [0, 0.05) is 0 Å². The van der Waals surface area contributed by atoms with E-state index in [0.29, 0.717) is 0 Å². The Morgan fingerprint density at radius 3 is 2.64 bits per heavy atom. The summed E-state index contributed by atoms with van der Waals surface area (Å²) in [7, 11) is 0. The van der Waals surface area contributed by atoms with E-state index in [9.17, 15) is 0 Å². The molecule has 0 heterocycles. The lowest BCUT2D eigenvalue weighted by Gasteiger charge is -2.04. The lowest BCUT2D eigenvalue weighted by molar-refractivity contribution is 1.41. The highest BCUT2D eigenvalue weighted by atomic mass is 32.2. The van der Waals surface area contributed by atoms with Gasteiger partial charge >= 0.3 is 0 Å². The van der Waals surface area contributed by atoms with Crippen LogP contribution in [0.2, 0.25) is 0 Å². The first kappa shape index (κ1) is 11.1. The van der Waals surface area contributed by atoms with Gasteiger partial charge in [-0.15, -0.1) is 11.8 Å². The summed E-state index contributed by atoms with van der Waals surface area (Å²) in [6.07, 6.45) is 6.30. The first-order valence-electron chi connectivity index (χ1n) is 4.68. The van der Waals surface area contributed by atoms with Crippen LogP contribution in [0.4, 0.5) is 0 Å². The Hall–Kier alpha value is -0.950. The Balaban J connectivity index is 2.89. The molecule has 0 fully saturated rings. The van der Waals surface area contributed by atoms with Crippen molar-refractivity contribution in [2.24, 2.45) is 0 Å². The highest BCUT2D eigenvalue weighted by Gasteiger charge is 1.96. The number of rotatable bonds is 3. The van der Waals surface area contributed by atoms with Crippen molar-refractivity contribution in [2.75, 3.05) is 6.26 Å². The topological polar surface area (TPSA) is 0 Å². The van der Waals surface area contributed by atoms with Crippen molar-refractivity contribution in [2.45, 2.75) is 13.8 Å². The molecule has 14 heavy (non-hydrogen) atoms. The van der Waals surface area contributed by atoms with Crippen molar-refractivity contribution < 1.29 is 0 Å². The second kappa shape index (κ2) is 5.71. The zero-order valence-corrected chi connectivity index (χ0v) is 9.77. The van der Waals surface area contributed by atoms with Crippen molar-refractivity contribution in [3.63, 3.8) is 0 Å². The lowest BCUT2D eigenvalue weighted by Crippen LogP contribution is -1.83. The summed E-state index contributed by atoms with van der Waals surface area (Å²) in [4.78, 5) is 0. The van der Waals surface area contributed by atoms with E-state index in [1.807, 2.05) is 0 Å². The fourth-order valence-corrected chi connectivity index (χ4v) is 1.60. The number of thioether (sulfide) groups is 1. The lowest BCUT2D eigenvalue weighted by atomic mass is 10.0. The van der Waals surface area contributed by atoms with Gasteiger partial charge in [0.2, 0.25) is 0 Å². The quantitative estimate of drug-likeness (QED) is 0.662. The van der Waals surface area contributed by atoms with E-state index in [2.05, 4.69) is 61.9 Å². The smallest absolute Gasteiger partial charge is 0.0142 e. The zero-order chi connectivity index (χ0) is 10.4. The molecule has 0 nitrogen and oxygen atoms in total. The Kier molecular flexibility index (Phi) is 4.54. The van der Waals surface area contributed by atoms with E-state index >= 15 is 0 Å². The van der Waals surface area contributed by atoms with Crippen molar-refractivity contribution in [1.82, 2.24) is 0 Å². The average molecular weight is 204 g/mol. The predicted molar refractivity (Wildman–Crippen MR) is 67.5 cm³/mol. The minimum Gasteiger partial charge on any atom is -0.138 e. The molecule has 0 aliphatic carbocycles. The highest BCUT2D eigenvalue weighted by molar-refractivity contribution is 8.01. The van der Waals surface area contributed by atoms with E-state index in [0.717, 1.165) is 0 Å². The van der Waals surface area contributed by atoms with Crippen LogP contribution in [0.25, 0.3) is 5.57 Å². The summed E-state index contributed by atoms with van der Waals surface area (Å²) < 4.78 is 0. The van der Waals surface area contributed by atoms with Crippen LogP contribution in [0, 0.1) is 6.92 Å². The number of aryl methyl sites for hydroxylation is 1. The van der Waals surface area contributed by atoms with Gasteiger partial charge in [0.25, 0.3) is 0 Å². The fourth-order valence-electron chi connectivity index (χ4n) is 1.37. The van der Waals surface area contributed by atoms with E-state index in [-0.39, 0.29) is 0 Å². The molecular formula is C13H16S. The molecule has 1 rings (SSSR count). The zero-order valence-electron chi connectivity index (χ0n) is 8.95. The molecule has 0 saturated carbocycles. The maximum atomic E-state index is 2.16. The summed E-state index contributed by atoms with van der Waals surface area (Å²) >= 11 is 1.72. The normalized spacial score (nSPS) is 12.4. The molecule has 0 saturated heterocycles. The third kappa shape index (κ3) is 3.08. The van der Waals surface area contributed by atoms with Gasteiger partial charge < -0.3 is 0 Å². The Morgan fingerprint density at radius 2 is 2.00 bits per heavy atom. The van der Waals surface area contributed by atoms with E-state index in [4.69, 9.17) is 0 Å². The maximum absolute atomic E-state index is 2.16. The summed E-state index contributed by atoms with van der Waals surface area (Å²) in [5.74, 6) is 0. The van der Waals surface area contributed by atoms with Gasteiger partial charge in [0.05, 0.1) is 0 Å². The SMILES string of the molecule is CS/C=C\C=C(/C)c1ccccc1C. The van der Waals surface area contributed by atoms with Gasteiger partial charge in [0.15, 0.2) is 0 Å². The van der Waals surface area contributed by atoms with Gasteiger partial charge in [-0.05, 0) is 42.2 Å². The van der Waals surface area contributed by atoms with Crippen LogP contribution < -0.4 is 0 Å². The number of allylic oxidation sites excluding steroid dienone is 3. The highest BCUT2D eigenvalue weighted by Crippen LogP contribution is 2.17. The molecule has 0 N–H and O–H groups in total. The molecule has 0 bridgehead atoms. The fraction of sp³-hybridized carbons (Fsp3) is 0.231. The summed E-state index contributed by atoms with van der Waals surface area (Å²) in [6, 6.07) is 8.46. The maximum Gasteiger partial charge on any atom is -0.0142 e. The second-order valence-corrected chi connectivity index (χ2v) is 3.97. The molecule has 1 heteroatoms. The van der Waals surface area contributed by atoms with Crippen molar-refractivity contribution >= 4 is 17.3 Å². The van der Waals surface area contributed by atoms with Crippen LogP contribution in [0.5, 0.6) is 0 Å². The first-order valence-corrected chi connectivity index (χ1v) is 5.96. The van der Waals surface area contributed by atoms with Gasteiger partial charge in [-0.2, -0.15) is 0 Å². The molecular weight excluding hydrogens is 188 g/mol. The van der Waals surface area contributed by atoms with Crippen LogP contribution >= 0.6 is 11.8 Å². The molecule has 0 amide bonds. The van der Waals surface area contributed by atoms with Crippen molar-refractivity contribution in [3.05, 3.63) is 53.0 Å². The second-order valence-electron chi connectivity index (χ2n) is 3.23. The molecule has 0 aliphatic rings. The molecule has 0 aliphatic heterocycles. The number of benzene rings is 1. The van der Waals surface area contributed by atoms with E-state index in [1.165, 1.54) is 16.7 Å². The number of hydrogen-bond donors (Lipinski definition) is 0. The average Bonchev–Trinajstić information content (AvgIpc) is 2.18. The predicted octanol–water partition coefficient (Wildman–Crippen LogP) is 4.28. The van der Waals surface area contributed by atoms with Gasteiger partial charge in [-0.3, -0.25) is 0 Å². The van der Waals surface area contributed by atoms with Crippen LogP contribution in [0.3, 0.4) is 0 Å². The largest absolute Gasteiger partial charge is 0.138 e. The monoisotopic (exact) mass is 204 g/mol.